The second-order valence-electron chi connectivity index (χ2n) is 8.24. The van der Waals surface area contributed by atoms with Gasteiger partial charge in [-0.05, 0) is 6.42 Å². The summed E-state index contributed by atoms with van der Waals surface area (Å²) in [6.45, 7) is 2.19. The number of ether oxygens (including phenoxy) is 4. The zero-order valence-corrected chi connectivity index (χ0v) is 18.5. The summed E-state index contributed by atoms with van der Waals surface area (Å²) in [4.78, 5) is 23.1. The lowest BCUT2D eigenvalue weighted by atomic mass is 9.83. The Bertz CT molecular complexity index is 620. The minimum absolute atomic E-state index is 0.108. The Morgan fingerprint density at radius 2 is 1.66 bits per heavy atom. The smallest absolute Gasteiger partial charge is 0.217 e. The van der Waals surface area contributed by atoms with Crippen molar-refractivity contribution >= 4 is 11.9 Å². The van der Waals surface area contributed by atoms with Crippen LogP contribution in [0.15, 0.2) is 0 Å². The first-order valence-corrected chi connectivity index (χ1v) is 10.7. The van der Waals surface area contributed by atoms with Gasteiger partial charge in [0.25, 0.3) is 0 Å². The monoisotopic (exact) mass is 464 g/mol. The Morgan fingerprint density at radius 3 is 2.19 bits per heavy atom. The lowest BCUT2D eigenvalue weighted by molar-refractivity contribution is -0.332. The third-order valence-corrected chi connectivity index (χ3v) is 6.05. The average Bonchev–Trinajstić information content (AvgIpc) is 2.74. The maximum absolute atomic E-state index is 11.7. The number of methoxy groups -OCH3 is 1. The van der Waals surface area contributed by atoms with Gasteiger partial charge in [-0.1, -0.05) is 6.92 Å². The van der Waals surface area contributed by atoms with Gasteiger partial charge in [0.15, 0.2) is 0 Å². The van der Waals surface area contributed by atoms with E-state index in [-0.39, 0.29) is 25.7 Å². The van der Waals surface area contributed by atoms with Gasteiger partial charge in [0.1, 0.15) is 24.4 Å². The predicted octanol–water partition coefficient (Wildman–Crippen LogP) is -3.84. The molecular formula is C20H34NO11-. The van der Waals surface area contributed by atoms with Crippen LogP contribution in [-0.2, 0) is 28.5 Å². The van der Waals surface area contributed by atoms with E-state index in [0.29, 0.717) is 6.42 Å². The zero-order valence-electron chi connectivity index (χ0n) is 18.5. The highest BCUT2D eigenvalue weighted by molar-refractivity contribution is 5.73. The number of hydrogen-bond donors (Lipinski definition) is 5. The Kier molecular flexibility index (Phi) is 10.2. The lowest BCUT2D eigenvalue weighted by Crippen LogP contribution is -2.63. The molecule has 10 atom stereocenters. The number of nitrogens with one attached hydrogen (secondary N) is 1. The molecule has 12 nitrogen and oxygen atoms in total. The fraction of sp³-hybridized carbons (Fsp3) is 0.900. The molecule has 2 saturated heterocycles. The van der Waals surface area contributed by atoms with Crippen LogP contribution < -0.4 is 10.4 Å². The van der Waals surface area contributed by atoms with Crippen molar-refractivity contribution < 1.29 is 54.1 Å². The molecular weight excluding hydrogens is 430 g/mol. The van der Waals surface area contributed by atoms with Gasteiger partial charge in [-0.25, -0.2) is 0 Å². The van der Waals surface area contributed by atoms with Gasteiger partial charge in [0.2, 0.25) is 5.91 Å². The van der Waals surface area contributed by atoms with Gasteiger partial charge in [-0.2, -0.15) is 0 Å². The summed E-state index contributed by atoms with van der Waals surface area (Å²) in [5.41, 5.74) is 0. The summed E-state index contributed by atoms with van der Waals surface area (Å²) in [5.74, 6) is -3.55. The lowest BCUT2D eigenvalue weighted by Gasteiger charge is -2.45. The molecule has 0 spiro atoms. The van der Waals surface area contributed by atoms with Crippen molar-refractivity contribution in [2.24, 2.45) is 11.8 Å². The predicted molar refractivity (Wildman–Crippen MR) is 105 cm³/mol. The van der Waals surface area contributed by atoms with Crippen molar-refractivity contribution in [3.8, 4) is 0 Å². The summed E-state index contributed by atoms with van der Waals surface area (Å²) < 4.78 is 21.6. The number of aliphatic hydroxyl groups excluding tert-OH is 4. The molecule has 2 aliphatic rings. The van der Waals surface area contributed by atoms with Crippen LogP contribution in [0.5, 0.6) is 0 Å². The number of aliphatic carboxylic acids is 1. The summed E-state index contributed by atoms with van der Waals surface area (Å²) in [6.07, 6.45) is -7.54. The van der Waals surface area contributed by atoms with E-state index in [0.717, 1.165) is 0 Å². The molecule has 2 fully saturated rings. The Hall–Kier alpha value is -1.38. The van der Waals surface area contributed by atoms with E-state index in [4.69, 9.17) is 18.9 Å². The van der Waals surface area contributed by atoms with Gasteiger partial charge in [-0.3, -0.25) is 4.79 Å². The van der Waals surface area contributed by atoms with E-state index < -0.39 is 73.2 Å². The molecule has 0 aromatic rings. The number of carboxylic acids is 1. The Labute approximate surface area is 186 Å². The van der Waals surface area contributed by atoms with Crippen molar-refractivity contribution in [2.75, 3.05) is 33.5 Å². The molecule has 0 aromatic carbocycles. The van der Waals surface area contributed by atoms with Crippen molar-refractivity contribution in [1.29, 1.82) is 0 Å². The first kappa shape index (κ1) is 26.9. The molecule has 10 unspecified atom stereocenters. The fourth-order valence-corrected chi connectivity index (χ4v) is 4.38. The van der Waals surface area contributed by atoms with Crippen molar-refractivity contribution in [1.82, 2.24) is 5.32 Å². The standard InChI is InChI=1S/C20H35NO11/c1-4-12-15(21-9(2)23)10(16(24)13(5-22)31-12)7-30-8-14-18(26)17(25)11(6-29-3)19(32-14)20(27)28/h10-19,22,24-26H,4-8H2,1-3H3,(H,21,23)(H,27,28)/p-1. The van der Waals surface area contributed by atoms with E-state index in [2.05, 4.69) is 5.32 Å². The third-order valence-electron chi connectivity index (χ3n) is 6.05. The Balaban J connectivity index is 2.07. The van der Waals surface area contributed by atoms with Crippen LogP contribution in [0, 0.1) is 11.8 Å². The SMILES string of the molecule is CCC1OC(CO)C(O)C(COCC2OC(C(=O)[O-])C(COC)C(O)C2O)C1NC(C)=O. The molecule has 0 saturated carbocycles. The largest absolute Gasteiger partial charge is 0.547 e. The number of carbonyl (C=O) groups is 2. The van der Waals surface area contributed by atoms with Crippen LogP contribution in [0.3, 0.4) is 0 Å². The maximum atomic E-state index is 11.7. The van der Waals surface area contributed by atoms with Crippen LogP contribution >= 0.6 is 0 Å². The molecule has 1 amide bonds. The van der Waals surface area contributed by atoms with Crippen LogP contribution in [0.1, 0.15) is 20.3 Å². The third kappa shape index (κ3) is 6.14. The number of aliphatic hydroxyl groups is 4. The summed E-state index contributed by atoms with van der Waals surface area (Å²) in [5, 5.41) is 55.1. The van der Waals surface area contributed by atoms with E-state index in [1.807, 2.05) is 6.92 Å². The van der Waals surface area contributed by atoms with Gasteiger partial charge in [-0.15, -0.1) is 0 Å². The first-order chi connectivity index (χ1) is 15.2. The number of carbonyl (C=O) groups excluding carboxylic acids is 2. The van der Waals surface area contributed by atoms with Gasteiger partial charge < -0.3 is 54.6 Å². The second kappa shape index (κ2) is 12.2. The highest BCUT2D eigenvalue weighted by Gasteiger charge is 2.47. The molecule has 0 radical (unpaired) electrons. The summed E-state index contributed by atoms with van der Waals surface area (Å²) in [7, 11) is 1.33. The average molecular weight is 464 g/mol. The molecule has 0 aromatic heterocycles. The first-order valence-electron chi connectivity index (χ1n) is 10.7. The summed E-state index contributed by atoms with van der Waals surface area (Å²) in [6, 6.07) is -0.597. The minimum Gasteiger partial charge on any atom is -0.547 e. The molecule has 32 heavy (non-hydrogen) atoms. The van der Waals surface area contributed by atoms with E-state index in [9.17, 15) is 35.1 Å². The number of carboxylic acid groups (broad SMARTS) is 1. The second-order valence-corrected chi connectivity index (χ2v) is 8.24. The topological polar surface area (TPSA) is 187 Å². The van der Waals surface area contributed by atoms with Crippen molar-refractivity contribution in [3.63, 3.8) is 0 Å². The number of amides is 1. The van der Waals surface area contributed by atoms with Crippen LogP contribution in [0.2, 0.25) is 0 Å². The van der Waals surface area contributed by atoms with Gasteiger partial charge in [0.05, 0.1) is 56.8 Å². The molecule has 2 heterocycles. The molecule has 186 valence electrons. The number of hydrogen-bond acceptors (Lipinski definition) is 11. The number of rotatable bonds is 10. The van der Waals surface area contributed by atoms with Gasteiger partial charge in [0, 0.05) is 25.9 Å². The molecule has 5 N–H and O–H groups in total. The quantitative estimate of drug-likeness (QED) is 0.213. The molecule has 2 rings (SSSR count). The minimum atomic E-state index is -1.55. The van der Waals surface area contributed by atoms with E-state index in [1.165, 1.54) is 14.0 Å². The summed E-state index contributed by atoms with van der Waals surface area (Å²) >= 11 is 0. The van der Waals surface area contributed by atoms with Crippen LogP contribution in [-0.4, -0.2) is 115 Å². The normalized spacial score (nSPS) is 40.1. The highest BCUT2D eigenvalue weighted by atomic mass is 16.6. The van der Waals surface area contributed by atoms with Crippen LogP contribution in [0.4, 0.5) is 0 Å². The maximum Gasteiger partial charge on any atom is 0.217 e. The van der Waals surface area contributed by atoms with E-state index in [1.54, 1.807) is 0 Å². The zero-order chi connectivity index (χ0) is 24.0. The fourth-order valence-electron chi connectivity index (χ4n) is 4.38. The van der Waals surface area contributed by atoms with E-state index >= 15 is 0 Å². The van der Waals surface area contributed by atoms with Crippen LogP contribution in [0.25, 0.3) is 0 Å². The molecule has 0 aliphatic carbocycles. The molecule has 2 aliphatic heterocycles. The highest BCUT2D eigenvalue weighted by Crippen LogP contribution is 2.30. The Morgan fingerprint density at radius 1 is 0.969 bits per heavy atom. The van der Waals surface area contributed by atoms with Gasteiger partial charge >= 0.3 is 0 Å². The van der Waals surface area contributed by atoms with Crippen molar-refractivity contribution in [3.05, 3.63) is 0 Å². The molecule has 12 heteroatoms. The van der Waals surface area contributed by atoms with Crippen molar-refractivity contribution in [2.45, 2.75) is 69.0 Å². The molecule has 0 bridgehead atoms.